The Bertz CT molecular complexity index is 1070. The van der Waals surface area contributed by atoms with Gasteiger partial charge in [-0.2, -0.15) is 0 Å². The first kappa shape index (κ1) is 16.8. The number of nitrogens with one attached hydrogen (secondary N) is 1. The first-order valence-electron chi connectivity index (χ1n) is 7.86. The summed E-state index contributed by atoms with van der Waals surface area (Å²) in [6, 6.07) is 7.69. The summed E-state index contributed by atoms with van der Waals surface area (Å²) in [6.45, 7) is 2.40. The number of ether oxygens (including phenoxy) is 1. The Labute approximate surface area is 144 Å². The summed E-state index contributed by atoms with van der Waals surface area (Å²) in [5.41, 5.74) is 2.16. The van der Waals surface area contributed by atoms with Gasteiger partial charge in [-0.3, -0.25) is 13.9 Å². The second-order valence-electron chi connectivity index (χ2n) is 5.93. The molecule has 7 nitrogen and oxygen atoms in total. The monoisotopic (exact) mass is 340 g/mol. The Morgan fingerprint density at radius 2 is 1.96 bits per heavy atom. The van der Waals surface area contributed by atoms with E-state index in [1.807, 2.05) is 31.2 Å². The lowest BCUT2D eigenvalue weighted by atomic mass is 10.1. The molecule has 1 aromatic carbocycles. The van der Waals surface area contributed by atoms with E-state index in [0.29, 0.717) is 23.3 Å². The fourth-order valence-electron chi connectivity index (χ4n) is 2.82. The zero-order valence-electron chi connectivity index (χ0n) is 14.7. The summed E-state index contributed by atoms with van der Waals surface area (Å²) >= 11 is 0. The maximum atomic E-state index is 12.6. The predicted molar refractivity (Wildman–Crippen MR) is 97.3 cm³/mol. The highest BCUT2D eigenvalue weighted by Gasteiger charge is 2.15. The van der Waals surface area contributed by atoms with E-state index in [9.17, 15) is 9.59 Å². The molecule has 0 aliphatic rings. The van der Waals surface area contributed by atoms with E-state index in [4.69, 9.17) is 4.74 Å². The number of nitrogens with zero attached hydrogens (tertiary/aromatic N) is 3. The van der Waals surface area contributed by atoms with Crippen LogP contribution in [0, 0.1) is 6.92 Å². The van der Waals surface area contributed by atoms with Gasteiger partial charge in [-0.15, -0.1) is 0 Å². The third-order valence-electron chi connectivity index (χ3n) is 4.26. The summed E-state index contributed by atoms with van der Waals surface area (Å²) in [5, 5.41) is 3.72. The highest BCUT2D eigenvalue weighted by molar-refractivity contribution is 5.89. The molecule has 0 radical (unpaired) electrons. The topological polar surface area (TPSA) is 78.2 Å². The fourth-order valence-corrected chi connectivity index (χ4v) is 2.82. The van der Waals surface area contributed by atoms with Gasteiger partial charge in [0.05, 0.1) is 12.8 Å². The first-order valence-corrected chi connectivity index (χ1v) is 7.86. The minimum atomic E-state index is -0.396. The average molecular weight is 340 g/mol. The van der Waals surface area contributed by atoms with Crippen LogP contribution in [0.5, 0.6) is 5.75 Å². The zero-order chi connectivity index (χ0) is 18.1. The van der Waals surface area contributed by atoms with E-state index < -0.39 is 5.69 Å². The summed E-state index contributed by atoms with van der Waals surface area (Å²) in [4.78, 5) is 29.0. The summed E-state index contributed by atoms with van der Waals surface area (Å²) in [6.07, 6.45) is 1.66. The molecule has 0 aliphatic carbocycles. The quantitative estimate of drug-likeness (QED) is 0.780. The first-order chi connectivity index (χ1) is 11.9. The number of hydrogen-bond acceptors (Lipinski definition) is 5. The Balaban J connectivity index is 2.11. The van der Waals surface area contributed by atoms with Crippen molar-refractivity contribution < 1.29 is 4.74 Å². The van der Waals surface area contributed by atoms with Crippen molar-refractivity contribution in [3.8, 4) is 5.75 Å². The normalized spacial score (nSPS) is 10.9. The minimum absolute atomic E-state index is 0.359. The van der Waals surface area contributed by atoms with Gasteiger partial charge in [0, 0.05) is 26.8 Å². The van der Waals surface area contributed by atoms with Gasteiger partial charge in [0.1, 0.15) is 11.1 Å². The Morgan fingerprint density at radius 1 is 1.20 bits per heavy atom. The molecule has 130 valence electrons. The maximum absolute atomic E-state index is 12.6. The van der Waals surface area contributed by atoms with Gasteiger partial charge in [-0.05, 0) is 30.2 Å². The van der Waals surface area contributed by atoms with E-state index in [-0.39, 0.29) is 5.56 Å². The number of fused-ring (bicyclic) bond motifs is 1. The molecule has 7 heteroatoms. The Kier molecular flexibility index (Phi) is 4.31. The summed E-state index contributed by atoms with van der Waals surface area (Å²) in [5.74, 6) is 0.772. The van der Waals surface area contributed by atoms with Gasteiger partial charge >= 0.3 is 5.69 Å². The molecule has 1 N–H and O–H groups in total. The second-order valence-corrected chi connectivity index (χ2v) is 5.93. The average Bonchev–Trinajstić information content (AvgIpc) is 2.63. The molecule has 3 rings (SSSR count). The largest absolute Gasteiger partial charge is 0.497 e. The standard InChI is InChI=1S/C18H20N4O3/c1-11-9-20-16-14(17(23)22(3)18(24)21(16)2)15(11)19-10-12-6-5-7-13(8-12)25-4/h5-9H,10H2,1-4H3,(H,19,20). The molecule has 2 aromatic heterocycles. The predicted octanol–water partition coefficient (Wildman–Crippen LogP) is 1.56. The van der Waals surface area contributed by atoms with Crippen molar-refractivity contribution in [2.45, 2.75) is 13.5 Å². The molecule has 0 atom stereocenters. The number of pyridine rings is 1. The molecule has 0 unspecified atom stereocenters. The van der Waals surface area contributed by atoms with Crippen LogP contribution in [0.25, 0.3) is 11.0 Å². The van der Waals surface area contributed by atoms with Gasteiger partial charge < -0.3 is 10.1 Å². The van der Waals surface area contributed by atoms with Crippen LogP contribution in [0.2, 0.25) is 0 Å². The van der Waals surface area contributed by atoms with Crippen LogP contribution in [0.4, 0.5) is 5.69 Å². The molecular formula is C18H20N4O3. The highest BCUT2D eigenvalue weighted by atomic mass is 16.5. The number of benzene rings is 1. The number of hydrogen-bond donors (Lipinski definition) is 1. The molecule has 0 saturated carbocycles. The van der Waals surface area contributed by atoms with Gasteiger partial charge in [-0.25, -0.2) is 9.78 Å². The molecular weight excluding hydrogens is 320 g/mol. The van der Waals surface area contributed by atoms with Crippen molar-refractivity contribution in [2.75, 3.05) is 12.4 Å². The molecule has 0 amide bonds. The summed E-state index contributed by atoms with van der Waals surface area (Å²) in [7, 11) is 4.70. The van der Waals surface area contributed by atoms with Crippen LogP contribution in [0.3, 0.4) is 0 Å². The van der Waals surface area contributed by atoms with Crippen molar-refractivity contribution >= 4 is 16.7 Å². The molecule has 0 spiro atoms. The number of aryl methyl sites for hydroxylation is 2. The third kappa shape index (κ3) is 2.88. The molecule has 0 saturated heterocycles. The third-order valence-corrected chi connectivity index (χ3v) is 4.26. The van der Waals surface area contributed by atoms with E-state index in [2.05, 4.69) is 10.3 Å². The van der Waals surface area contributed by atoms with Gasteiger partial charge in [0.15, 0.2) is 5.65 Å². The second kappa shape index (κ2) is 6.43. The van der Waals surface area contributed by atoms with Crippen LogP contribution < -0.4 is 21.3 Å². The van der Waals surface area contributed by atoms with E-state index >= 15 is 0 Å². The Hall–Kier alpha value is -3.09. The van der Waals surface area contributed by atoms with Crippen LogP contribution in [0.15, 0.2) is 40.1 Å². The Morgan fingerprint density at radius 3 is 2.68 bits per heavy atom. The molecule has 25 heavy (non-hydrogen) atoms. The van der Waals surface area contributed by atoms with Gasteiger partial charge in [0.25, 0.3) is 5.56 Å². The van der Waals surface area contributed by atoms with Gasteiger partial charge in [0.2, 0.25) is 0 Å². The van der Waals surface area contributed by atoms with E-state index in [0.717, 1.165) is 21.4 Å². The number of anilines is 1. The smallest absolute Gasteiger partial charge is 0.332 e. The lowest BCUT2D eigenvalue weighted by Gasteiger charge is -2.14. The van der Waals surface area contributed by atoms with E-state index in [1.54, 1.807) is 20.4 Å². The lowest BCUT2D eigenvalue weighted by Crippen LogP contribution is -2.37. The van der Waals surface area contributed by atoms with Crippen LogP contribution in [-0.2, 0) is 20.6 Å². The van der Waals surface area contributed by atoms with Crippen molar-refractivity contribution in [2.24, 2.45) is 14.1 Å². The molecule has 0 fully saturated rings. The number of methoxy groups -OCH3 is 1. The van der Waals surface area contributed by atoms with Crippen LogP contribution in [-0.4, -0.2) is 21.2 Å². The number of rotatable bonds is 4. The molecule has 0 aliphatic heterocycles. The van der Waals surface area contributed by atoms with E-state index in [1.165, 1.54) is 11.6 Å². The number of aromatic nitrogens is 3. The van der Waals surface area contributed by atoms with Gasteiger partial charge in [-0.1, -0.05) is 12.1 Å². The fraction of sp³-hybridized carbons (Fsp3) is 0.278. The molecule has 2 heterocycles. The lowest BCUT2D eigenvalue weighted by molar-refractivity contribution is 0.414. The van der Waals surface area contributed by atoms with Crippen molar-refractivity contribution in [1.82, 2.24) is 14.1 Å². The minimum Gasteiger partial charge on any atom is -0.497 e. The van der Waals surface area contributed by atoms with Crippen LogP contribution >= 0.6 is 0 Å². The SMILES string of the molecule is COc1cccc(CNc2c(C)cnc3c2c(=O)n(C)c(=O)n3C)c1. The molecule has 3 aromatic rings. The maximum Gasteiger partial charge on any atom is 0.332 e. The molecule has 0 bridgehead atoms. The van der Waals surface area contributed by atoms with Crippen LogP contribution in [0.1, 0.15) is 11.1 Å². The van der Waals surface area contributed by atoms with Crippen molar-refractivity contribution in [3.05, 3.63) is 62.4 Å². The van der Waals surface area contributed by atoms with Crippen molar-refractivity contribution in [3.63, 3.8) is 0 Å². The van der Waals surface area contributed by atoms with Crippen molar-refractivity contribution in [1.29, 1.82) is 0 Å². The zero-order valence-corrected chi connectivity index (χ0v) is 14.7. The summed E-state index contributed by atoms with van der Waals surface area (Å²) < 4.78 is 7.71. The highest BCUT2D eigenvalue weighted by Crippen LogP contribution is 2.23.